The highest BCUT2D eigenvalue weighted by atomic mass is 16.2. The molecular formula is C23H39N9O5. The zero-order valence-corrected chi connectivity index (χ0v) is 21.1. The number of primary amides is 5. The second kappa shape index (κ2) is 17.0. The predicted molar refractivity (Wildman–Crippen MR) is 137 cm³/mol. The van der Waals surface area contributed by atoms with Crippen molar-refractivity contribution in [1.29, 1.82) is 0 Å². The minimum absolute atomic E-state index is 0.0321. The van der Waals surface area contributed by atoms with Gasteiger partial charge in [-0.2, -0.15) is 0 Å². The van der Waals surface area contributed by atoms with Crippen LogP contribution in [-0.2, 0) is 30.5 Å². The molecule has 0 bridgehead atoms. The summed E-state index contributed by atoms with van der Waals surface area (Å²) < 4.78 is 0. The van der Waals surface area contributed by atoms with Crippen LogP contribution in [0.4, 0.5) is 0 Å². The molecule has 206 valence electrons. The Balaban J connectivity index is 2.90. The number of nitrogens with zero attached hydrogens (tertiary/aromatic N) is 4. The molecular weight excluding hydrogens is 482 g/mol. The molecule has 0 fully saturated rings. The number of hydrogen-bond donors (Lipinski definition) is 5. The maximum Gasteiger partial charge on any atom is 0.231 e. The summed E-state index contributed by atoms with van der Waals surface area (Å²) in [6.07, 6.45) is 0. The van der Waals surface area contributed by atoms with Gasteiger partial charge in [0.1, 0.15) is 0 Å². The van der Waals surface area contributed by atoms with E-state index >= 15 is 0 Å². The third-order valence-electron chi connectivity index (χ3n) is 5.34. The van der Waals surface area contributed by atoms with Crippen LogP contribution in [0, 0.1) is 0 Å². The average Bonchev–Trinajstić information content (AvgIpc) is 2.77. The second-order valence-corrected chi connectivity index (χ2v) is 8.79. The van der Waals surface area contributed by atoms with Gasteiger partial charge in [0.15, 0.2) is 0 Å². The van der Waals surface area contributed by atoms with Crippen LogP contribution >= 0.6 is 0 Å². The van der Waals surface area contributed by atoms with Gasteiger partial charge in [0.25, 0.3) is 0 Å². The molecule has 14 heteroatoms. The van der Waals surface area contributed by atoms with Crippen LogP contribution in [0.5, 0.6) is 0 Å². The van der Waals surface area contributed by atoms with Crippen molar-refractivity contribution in [2.45, 2.75) is 6.54 Å². The molecule has 0 saturated heterocycles. The first-order valence-electron chi connectivity index (χ1n) is 11.8. The van der Waals surface area contributed by atoms with E-state index in [2.05, 4.69) is 4.90 Å². The molecule has 0 heterocycles. The third-order valence-corrected chi connectivity index (χ3v) is 5.34. The van der Waals surface area contributed by atoms with E-state index < -0.39 is 29.5 Å². The summed E-state index contributed by atoms with van der Waals surface area (Å²) in [6, 6.07) is 9.71. The fourth-order valence-electron chi connectivity index (χ4n) is 3.76. The van der Waals surface area contributed by atoms with Gasteiger partial charge in [0, 0.05) is 45.8 Å². The van der Waals surface area contributed by atoms with Crippen molar-refractivity contribution in [3.8, 4) is 0 Å². The van der Waals surface area contributed by atoms with E-state index in [9.17, 15) is 24.0 Å². The fourth-order valence-corrected chi connectivity index (χ4v) is 3.76. The van der Waals surface area contributed by atoms with Gasteiger partial charge < -0.3 is 28.7 Å². The molecule has 0 atom stereocenters. The number of carbonyl (C=O) groups is 5. The van der Waals surface area contributed by atoms with E-state index in [0.717, 1.165) is 5.56 Å². The quantitative estimate of drug-likeness (QED) is 0.105. The van der Waals surface area contributed by atoms with Crippen LogP contribution in [-0.4, -0.2) is 121 Å². The number of nitrogens with two attached hydrogens (primary N) is 5. The van der Waals surface area contributed by atoms with E-state index in [0.29, 0.717) is 39.3 Å². The topological polar surface area (TPSA) is 228 Å². The Hall–Kier alpha value is -3.59. The molecule has 1 rings (SSSR count). The summed E-state index contributed by atoms with van der Waals surface area (Å²) in [6.45, 7) is 2.41. The zero-order valence-electron chi connectivity index (χ0n) is 21.1. The summed E-state index contributed by atoms with van der Waals surface area (Å²) in [5.74, 6) is -2.87. The summed E-state index contributed by atoms with van der Waals surface area (Å²) >= 11 is 0. The first kappa shape index (κ1) is 31.4. The van der Waals surface area contributed by atoms with Crippen molar-refractivity contribution in [3.05, 3.63) is 35.9 Å². The van der Waals surface area contributed by atoms with Crippen LogP contribution in [0.25, 0.3) is 0 Å². The number of benzene rings is 1. The highest BCUT2D eigenvalue weighted by Crippen LogP contribution is 2.06. The number of rotatable bonds is 21. The number of carbonyl (C=O) groups excluding carboxylic acids is 5. The Labute approximate surface area is 216 Å². The van der Waals surface area contributed by atoms with Crippen LogP contribution < -0.4 is 28.7 Å². The third kappa shape index (κ3) is 15.9. The van der Waals surface area contributed by atoms with E-state index in [1.807, 2.05) is 30.3 Å². The van der Waals surface area contributed by atoms with E-state index in [-0.39, 0.29) is 39.3 Å². The molecule has 1 aromatic carbocycles. The lowest BCUT2D eigenvalue weighted by Gasteiger charge is -2.30. The molecule has 37 heavy (non-hydrogen) atoms. The Kier molecular flexibility index (Phi) is 14.4. The van der Waals surface area contributed by atoms with Crippen molar-refractivity contribution in [2.24, 2.45) is 28.7 Å². The van der Waals surface area contributed by atoms with Crippen molar-refractivity contribution in [1.82, 2.24) is 19.6 Å². The average molecular weight is 522 g/mol. The van der Waals surface area contributed by atoms with Crippen LogP contribution in [0.15, 0.2) is 30.3 Å². The molecule has 0 aliphatic rings. The van der Waals surface area contributed by atoms with Gasteiger partial charge in [-0.05, 0) is 5.56 Å². The van der Waals surface area contributed by atoms with Crippen LogP contribution in [0.2, 0.25) is 0 Å². The maximum absolute atomic E-state index is 11.7. The second-order valence-electron chi connectivity index (χ2n) is 8.79. The Morgan fingerprint density at radius 2 is 0.757 bits per heavy atom. The normalized spacial score (nSPS) is 11.4. The molecule has 0 saturated carbocycles. The van der Waals surface area contributed by atoms with Crippen molar-refractivity contribution >= 4 is 29.5 Å². The van der Waals surface area contributed by atoms with Gasteiger partial charge in [0.2, 0.25) is 29.5 Å². The SMILES string of the molecule is NC(=O)CN(CCN(CC(N)=O)CC(N)=O)CCN(CCN(CC(N)=O)CC(N)=O)Cc1ccccc1. The van der Waals surface area contributed by atoms with Gasteiger partial charge in [0.05, 0.1) is 32.7 Å². The number of hydrogen-bond acceptors (Lipinski definition) is 9. The van der Waals surface area contributed by atoms with E-state index in [1.54, 1.807) is 9.80 Å². The lowest BCUT2D eigenvalue weighted by atomic mass is 10.2. The Morgan fingerprint density at radius 1 is 0.459 bits per heavy atom. The van der Waals surface area contributed by atoms with Crippen molar-refractivity contribution in [3.63, 3.8) is 0 Å². The van der Waals surface area contributed by atoms with Gasteiger partial charge in [-0.1, -0.05) is 30.3 Å². The fraction of sp³-hybridized carbons (Fsp3) is 0.522. The molecule has 1 aromatic rings. The summed E-state index contributed by atoms with van der Waals surface area (Å²) in [5, 5.41) is 0. The lowest BCUT2D eigenvalue weighted by molar-refractivity contribution is -0.123. The largest absolute Gasteiger partial charge is 0.369 e. The minimum atomic E-state index is -0.604. The molecule has 5 amide bonds. The molecule has 0 radical (unpaired) electrons. The van der Waals surface area contributed by atoms with Crippen LogP contribution in [0.1, 0.15) is 5.56 Å². The highest BCUT2D eigenvalue weighted by molar-refractivity contribution is 5.79. The predicted octanol–water partition coefficient (Wildman–Crippen LogP) is -4.18. The van der Waals surface area contributed by atoms with Gasteiger partial charge in [-0.25, -0.2) is 0 Å². The first-order valence-corrected chi connectivity index (χ1v) is 11.8. The molecule has 14 nitrogen and oxygen atoms in total. The minimum Gasteiger partial charge on any atom is -0.369 e. The first-order chi connectivity index (χ1) is 17.4. The zero-order chi connectivity index (χ0) is 27.8. The van der Waals surface area contributed by atoms with Gasteiger partial charge >= 0.3 is 0 Å². The molecule has 0 aliphatic heterocycles. The van der Waals surface area contributed by atoms with E-state index in [1.165, 1.54) is 4.90 Å². The molecule has 0 spiro atoms. The maximum atomic E-state index is 11.7. The van der Waals surface area contributed by atoms with Crippen LogP contribution in [0.3, 0.4) is 0 Å². The van der Waals surface area contributed by atoms with E-state index in [4.69, 9.17) is 28.7 Å². The highest BCUT2D eigenvalue weighted by Gasteiger charge is 2.18. The monoisotopic (exact) mass is 521 g/mol. The summed E-state index contributed by atoms with van der Waals surface area (Å²) in [4.78, 5) is 64.2. The lowest BCUT2D eigenvalue weighted by Crippen LogP contribution is -2.47. The smallest absolute Gasteiger partial charge is 0.231 e. The van der Waals surface area contributed by atoms with Crippen molar-refractivity contribution < 1.29 is 24.0 Å². The summed E-state index contributed by atoms with van der Waals surface area (Å²) in [7, 11) is 0. The standard InChI is InChI=1S/C23H39N9O5/c24-19(33)13-30(9-11-32(16-22(27)36)17-23(28)37)7-6-29(12-18-4-2-1-3-5-18)8-10-31(14-20(25)34)15-21(26)35/h1-5H,6-17H2,(H2,24,33)(H2,25,34)(H2,26,35)(H2,27,36)(H2,28,37). The summed E-state index contributed by atoms with van der Waals surface area (Å²) in [5.41, 5.74) is 27.6. The van der Waals surface area contributed by atoms with Gasteiger partial charge in [-0.3, -0.25) is 43.6 Å². The number of amides is 5. The van der Waals surface area contributed by atoms with Gasteiger partial charge in [-0.15, -0.1) is 0 Å². The molecule has 0 unspecified atom stereocenters. The molecule has 0 aromatic heterocycles. The molecule has 10 N–H and O–H groups in total. The molecule has 0 aliphatic carbocycles. The van der Waals surface area contributed by atoms with Crippen molar-refractivity contribution in [2.75, 3.05) is 72.0 Å². The Bertz CT molecular complexity index is 868. The Morgan fingerprint density at radius 3 is 1.11 bits per heavy atom.